The summed E-state index contributed by atoms with van der Waals surface area (Å²) in [5.74, 6) is -0.314. The third kappa shape index (κ3) is 11.8. The molecule has 1 fully saturated rings. The van der Waals surface area contributed by atoms with Gasteiger partial charge >= 0.3 is 5.97 Å². The Bertz CT molecular complexity index is 1020. The highest BCUT2D eigenvalue weighted by atomic mass is 79.9. The molecule has 1 saturated heterocycles. The quantitative estimate of drug-likeness (QED) is 0.180. The third-order valence-electron chi connectivity index (χ3n) is 7.11. The number of unbranched alkanes of at least 4 members (excludes halogenated alkanes) is 3. The minimum Gasteiger partial charge on any atom is -0.464 e. The largest absolute Gasteiger partial charge is 0.464 e. The maximum absolute atomic E-state index is 12.7. The van der Waals surface area contributed by atoms with Crippen LogP contribution in [0.15, 0.2) is 46.3 Å². The van der Waals surface area contributed by atoms with Crippen LogP contribution in [0.1, 0.15) is 79.9 Å². The fraction of sp³-hybridized carbons (Fsp3) is 0.567. The fourth-order valence-electron chi connectivity index (χ4n) is 4.77. The molecule has 1 atom stereocenters. The average molecular weight is 621 g/mol. The van der Waals surface area contributed by atoms with Gasteiger partial charge in [0.15, 0.2) is 0 Å². The molecule has 0 aliphatic carbocycles. The number of nitrogens with zero attached hydrogens (tertiary/aromatic N) is 1. The topological polar surface area (TPSA) is 87.7 Å². The minimum absolute atomic E-state index is 0.106. The Morgan fingerprint density at radius 1 is 1.13 bits per heavy atom. The lowest BCUT2D eigenvalue weighted by Gasteiger charge is -2.32. The summed E-state index contributed by atoms with van der Waals surface area (Å²) in [4.78, 5) is 41.0. The molecule has 2 N–H and O–H groups in total. The number of amides is 2. The van der Waals surface area contributed by atoms with E-state index in [1.165, 1.54) is 16.9 Å². The first kappa shape index (κ1) is 31.3. The summed E-state index contributed by atoms with van der Waals surface area (Å²) in [6.07, 6.45) is 7.58. The predicted molar refractivity (Wildman–Crippen MR) is 160 cm³/mol. The highest BCUT2D eigenvalue weighted by Crippen LogP contribution is 2.22. The van der Waals surface area contributed by atoms with E-state index in [1.54, 1.807) is 6.07 Å². The van der Waals surface area contributed by atoms with Crippen molar-refractivity contribution in [3.63, 3.8) is 0 Å². The van der Waals surface area contributed by atoms with Crippen molar-refractivity contribution in [2.24, 2.45) is 5.92 Å². The average Bonchev–Trinajstić information content (AvgIpc) is 3.38. The van der Waals surface area contributed by atoms with E-state index in [4.69, 9.17) is 4.74 Å². The lowest BCUT2D eigenvalue weighted by Crippen LogP contribution is -2.42. The summed E-state index contributed by atoms with van der Waals surface area (Å²) >= 11 is 4.65. The number of thiophene rings is 1. The van der Waals surface area contributed by atoms with Crippen LogP contribution in [-0.4, -0.2) is 55.0 Å². The Hall–Kier alpha value is -2.23. The van der Waals surface area contributed by atoms with E-state index in [-0.39, 0.29) is 24.7 Å². The monoisotopic (exact) mass is 619 g/mol. The minimum atomic E-state index is -0.857. The molecule has 0 saturated carbocycles. The van der Waals surface area contributed by atoms with Crippen molar-refractivity contribution in [3.8, 4) is 0 Å². The third-order valence-corrected chi connectivity index (χ3v) is 8.80. The Balaban J connectivity index is 1.37. The van der Waals surface area contributed by atoms with Gasteiger partial charge in [-0.05, 0) is 78.7 Å². The first-order chi connectivity index (χ1) is 18.9. The van der Waals surface area contributed by atoms with Gasteiger partial charge in [-0.3, -0.25) is 14.5 Å². The molecule has 1 aromatic carbocycles. The highest BCUT2D eigenvalue weighted by Gasteiger charge is 2.25. The van der Waals surface area contributed by atoms with Crippen molar-refractivity contribution in [1.82, 2.24) is 15.5 Å². The van der Waals surface area contributed by atoms with E-state index in [2.05, 4.69) is 62.7 Å². The van der Waals surface area contributed by atoms with E-state index in [0.29, 0.717) is 23.9 Å². The molecule has 2 aromatic rings. The molecule has 214 valence electrons. The molecular weight excluding hydrogens is 578 g/mol. The Morgan fingerprint density at radius 2 is 1.90 bits per heavy atom. The molecule has 7 nitrogen and oxygen atoms in total. The Labute approximate surface area is 245 Å². The molecule has 1 unspecified atom stereocenters. The van der Waals surface area contributed by atoms with Crippen molar-refractivity contribution in [1.29, 1.82) is 0 Å². The zero-order valence-electron chi connectivity index (χ0n) is 23.0. The van der Waals surface area contributed by atoms with Gasteiger partial charge in [0.05, 0.1) is 11.5 Å². The maximum Gasteiger partial charge on any atom is 0.328 e. The summed E-state index contributed by atoms with van der Waals surface area (Å²) in [5, 5.41) is 7.60. The van der Waals surface area contributed by atoms with E-state index >= 15 is 0 Å². The van der Waals surface area contributed by atoms with Crippen molar-refractivity contribution in [2.75, 3.05) is 26.2 Å². The van der Waals surface area contributed by atoms with Crippen LogP contribution in [0.4, 0.5) is 0 Å². The molecule has 0 spiro atoms. The standard InChI is InChI=1S/C30H42BrN3O4S/c1-2-3-4-8-19-38-30(37)26(33-29(36)27-20-25(31)22-39-27)11-12-28(35)32-16-13-23-14-17-34(18-15-23)21-24-9-6-5-7-10-24/h5-7,9-10,20,22-23,26H,2-4,8,11-19,21H2,1H3,(H,32,35)(H,33,36). The van der Waals surface area contributed by atoms with Crippen LogP contribution in [0.25, 0.3) is 0 Å². The summed E-state index contributed by atoms with van der Waals surface area (Å²) in [5.41, 5.74) is 1.35. The van der Waals surface area contributed by atoms with Crippen LogP contribution in [-0.2, 0) is 20.9 Å². The molecule has 0 radical (unpaired) electrons. The normalized spacial score (nSPS) is 15.0. The van der Waals surface area contributed by atoms with Crippen LogP contribution in [0.2, 0.25) is 0 Å². The molecule has 0 bridgehead atoms. The Morgan fingerprint density at radius 3 is 2.59 bits per heavy atom. The molecule has 39 heavy (non-hydrogen) atoms. The number of rotatable bonds is 16. The van der Waals surface area contributed by atoms with Gasteiger partial charge in [-0.15, -0.1) is 11.3 Å². The van der Waals surface area contributed by atoms with Crippen molar-refractivity contribution < 1.29 is 19.1 Å². The smallest absolute Gasteiger partial charge is 0.328 e. The van der Waals surface area contributed by atoms with Gasteiger partial charge < -0.3 is 15.4 Å². The Kier molecular flexibility index (Phi) is 14.0. The van der Waals surface area contributed by atoms with Crippen molar-refractivity contribution in [3.05, 3.63) is 56.7 Å². The second-order valence-electron chi connectivity index (χ2n) is 10.3. The van der Waals surface area contributed by atoms with Crippen LogP contribution >= 0.6 is 27.3 Å². The number of halogens is 1. The van der Waals surface area contributed by atoms with Gasteiger partial charge in [-0.25, -0.2) is 4.79 Å². The summed E-state index contributed by atoms with van der Waals surface area (Å²) in [6.45, 7) is 6.23. The van der Waals surface area contributed by atoms with Crippen molar-refractivity contribution in [2.45, 2.75) is 77.3 Å². The van der Waals surface area contributed by atoms with Crippen LogP contribution in [0.3, 0.4) is 0 Å². The molecule has 3 rings (SSSR count). The number of likely N-dealkylation sites (tertiary alicyclic amines) is 1. The van der Waals surface area contributed by atoms with Crippen molar-refractivity contribution >= 4 is 45.1 Å². The molecule has 1 aromatic heterocycles. The lowest BCUT2D eigenvalue weighted by atomic mass is 9.93. The van der Waals surface area contributed by atoms with Gasteiger partial charge in [-0.2, -0.15) is 0 Å². The fourth-order valence-corrected chi connectivity index (χ4v) is 6.10. The summed E-state index contributed by atoms with van der Waals surface area (Å²) in [7, 11) is 0. The number of carbonyl (C=O) groups is 3. The van der Waals surface area contributed by atoms with E-state index < -0.39 is 12.0 Å². The van der Waals surface area contributed by atoms with Gasteiger partial charge in [0.2, 0.25) is 5.91 Å². The molecule has 1 aliphatic heterocycles. The van der Waals surface area contributed by atoms with E-state index in [0.717, 1.165) is 69.1 Å². The first-order valence-electron chi connectivity index (χ1n) is 14.2. The van der Waals surface area contributed by atoms with E-state index in [1.807, 2.05) is 11.4 Å². The zero-order valence-corrected chi connectivity index (χ0v) is 25.4. The van der Waals surface area contributed by atoms with Gasteiger partial charge in [0, 0.05) is 29.4 Å². The van der Waals surface area contributed by atoms with Gasteiger partial charge in [0.1, 0.15) is 6.04 Å². The number of carbonyl (C=O) groups excluding carboxylic acids is 3. The number of esters is 1. The number of ether oxygens (including phenoxy) is 1. The SMILES string of the molecule is CCCCCCOC(=O)C(CCC(=O)NCCC1CCN(Cc2ccccc2)CC1)NC(=O)c1cc(Br)cs1. The second-order valence-corrected chi connectivity index (χ2v) is 12.1. The molecular formula is C30H42BrN3O4S. The number of benzene rings is 1. The molecule has 9 heteroatoms. The maximum atomic E-state index is 12.7. The van der Waals surface area contributed by atoms with Crippen LogP contribution in [0.5, 0.6) is 0 Å². The number of hydrogen-bond acceptors (Lipinski definition) is 6. The second kappa shape index (κ2) is 17.5. The summed E-state index contributed by atoms with van der Waals surface area (Å²) in [6, 6.07) is 11.4. The zero-order chi connectivity index (χ0) is 27.9. The van der Waals surface area contributed by atoms with Crippen LogP contribution in [0, 0.1) is 5.92 Å². The van der Waals surface area contributed by atoms with Crippen LogP contribution < -0.4 is 10.6 Å². The highest BCUT2D eigenvalue weighted by molar-refractivity contribution is 9.10. The number of hydrogen-bond donors (Lipinski definition) is 2. The van der Waals surface area contributed by atoms with Gasteiger partial charge in [-0.1, -0.05) is 56.5 Å². The summed E-state index contributed by atoms with van der Waals surface area (Å²) < 4.78 is 6.25. The molecule has 2 heterocycles. The molecule has 2 amide bonds. The first-order valence-corrected chi connectivity index (χ1v) is 15.9. The predicted octanol–water partition coefficient (Wildman–Crippen LogP) is 5.93. The van der Waals surface area contributed by atoms with Gasteiger partial charge in [0.25, 0.3) is 5.91 Å². The van der Waals surface area contributed by atoms with E-state index in [9.17, 15) is 14.4 Å². The lowest BCUT2D eigenvalue weighted by molar-refractivity contribution is -0.146. The molecule has 1 aliphatic rings. The number of nitrogens with one attached hydrogen (secondary N) is 2. The number of piperidine rings is 1.